The Bertz CT molecular complexity index is 436. The van der Waals surface area contributed by atoms with Gasteiger partial charge in [0, 0.05) is 11.5 Å². The lowest BCUT2D eigenvalue weighted by Crippen LogP contribution is -1.66. The summed E-state index contributed by atoms with van der Waals surface area (Å²) in [6.45, 7) is 0. The molecule has 0 saturated carbocycles. The molecular weight excluding hydrogens is 287 g/mol. The van der Waals surface area contributed by atoms with E-state index in [4.69, 9.17) is 5.11 Å². The van der Waals surface area contributed by atoms with Gasteiger partial charge in [0.2, 0.25) is 0 Å². The third kappa shape index (κ3) is 1.25. The fraction of sp³-hybridized carbons (Fsp3) is 0. The number of phenols is 2. The second kappa shape index (κ2) is 2.77. The van der Waals surface area contributed by atoms with Gasteiger partial charge in [0.15, 0.2) is 0 Å². The molecular formula is C8H5IO2S. The van der Waals surface area contributed by atoms with Gasteiger partial charge in [0.25, 0.3) is 0 Å². The number of hydrogen-bond donors (Lipinski definition) is 2. The van der Waals surface area contributed by atoms with Crippen LogP contribution in [-0.4, -0.2) is 10.2 Å². The molecule has 1 heterocycles. The second-order valence-electron chi connectivity index (χ2n) is 2.43. The number of fused-ring (bicyclic) bond motifs is 1. The molecule has 1 aromatic heterocycles. The topological polar surface area (TPSA) is 40.5 Å². The molecule has 0 saturated heterocycles. The van der Waals surface area contributed by atoms with Crippen LogP contribution in [0.15, 0.2) is 18.2 Å². The molecule has 0 amide bonds. The Morgan fingerprint density at radius 3 is 2.67 bits per heavy atom. The first-order valence-electron chi connectivity index (χ1n) is 3.28. The molecule has 1 aromatic carbocycles. The van der Waals surface area contributed by atoms with Gasteiger partial charge in [-0.2, -0.15) is 0 Å². The monoisotopic (exact) mass is 292 g/mol. The summed E-state index contributed by atoms with van der Waals surface area (Å²) in [7, 11) is 0. The molecule has 0 unspecified atom stereocenters. The van der Waals surface area contributed by atoms with Gasteiger partial charge in [-0.3, -0.25) is 0 Å². The number of halogens is 1. The Morgan fingerprint density at radius 2 is 1.92 bits per heavy atom. The highest BCUT2D eigenvalue weighted by atomic mass is 127. The van der Waals surface area contributed by atoms with Crippen LogP contribution in [0.4, 0.5) is 0 Å². The summed E-state index contributed by atoms with van der Waals surface area (Å²) in [6.07, 6.45) is 0. The van der Waals surface area contributed by atoms with Crippen LogP contribution in [0.5, 0.6) is 11.5 Å². The number of rotatable bonds is 0. The molecule has 2 aromatic rings. The molecule has 0 aliphatic rings. The molecule has 62 valence electrons. The van der Waals surface area contributed by atoms with E-state index in [-0.39, 0.29) is 11.5 Å². The zero-order chi connectivity index (χ0) is 8.72. The Morgan fingerprint density at radius 1 is 1.17 bits per heavy atom. The van der Waals surface area contributed by atoms with E-state index >= 15 is 0 Å². The number of hydrogen-bond acceptors (Lipinski definition) is 3. The van der Waals surface area contributed by atoms with E-state index in [1.54, 1.807) is 6.07 Å². The molecule has 2 N–H and O–H groups in total. The van der Waals surface area contributed by atoms with Crippen molar-refractivity contribution in [3.63, 3.8) is 0 Å². The van der Waals surface area contributed by atoms with Gasteiger partial charge in [-0.05, 0) is 34.7 Å². The maximum absolute atomic E-state index is 9.41. The maximum atomic E-state index is 9.41. The molecule has 12 heavy (non-hydrogen) atoms. The summed E-state index contributed by atoms with van der Waals surface area (Å²) in [5.41, 5.74) is 0. The van der Waals surface area contributed by atoms with Gasteiger partial charge in [-0.15, -0.1) is 11.3 Å². The van der Waals surface area contributed by atoms with Gasteiger partial charge >= 0.3 is 0 Å². The van der Waals surface area contributed by atoms with Crippen molar-refractivity contribution in [2.24, 2.45) is 0 Å². The normalized spacial score (nSPS) is 10.8. The van der Waals surface area contributed by atoms with Gasteiger partial charge in [-0.1, -0.05) is 0 Å². The van der Waals surface area contributed by atoms with Crippen LogP contribution in [0.3, 0.4) is 0 Å². The highest BCUT2D eigenvalue weighted by Gasteiger charge is 2.05. The van der Waals surface area contributed by atoms with Crippen LogP contribution < -0.4 is 0 Å². The first-order chi connectivity index (χ1) is 5.66. The highest BCUT2D eigenvalue weighted by molar-refractivity contribution is 14.1. The summed E-state index contributed by atoms with van der Waals surface area (Å²) in [6, 6.07) is 4.93. The van der Waals surface area contributed by atoms with Crippen molar-refractivity contribution in [2.45, 2.75) is 0 Å². The van der Waals surface area contributed by atoms with E-state index in [1.165, 1.54) is 17.4 Å². The SMILES string of the molecule is Oc1cc(O)c2sc(I)cc2c1. The van der Waals surface area contributed by atoms with Crippen LogP contribution >= 0.6 is 33.9 Å². The first-order valence-corrected chi connectivity index (χ1v) is 5.17. The average Bonchev–Trinajstić information content (AvgIpc) is 2.29. The minimum atomic E-state index is 0.106. The predicted molar refractivity (Wildman–Crippen MR) is 57.9 cm³/mol. The molecule has 2 nitrogen and oxygen atoms in total. The smallest absolute Gasteiger partial charge is 0.137 e. The maximum Gasteiger partial charge on any atom is 0.137 e. The average molecular weight is 292 g/mol. The lowest BCUT2D eigenvalue weighted by atomic mass is 10.2. The van der Waals surface area contributed by atoms with Crippen LogP contribution in [0.1, 0.15) is 0 Å². The molecule has 0 spiro atoms. The van der Waals surface area contributed by atoms with E-state index in [2.05, 4.69) is 22.6 Å². The summed E-state index contributed by atoms with van der Waals surface area (Å²) in [5, 5.41) is 19.5. The summed E-state index contributed by atoms with van der Waals surface area (Å²) < 4.78 is 1.93. The summed E-state index contributed by atoms with van der Waals surface area (Å²) in [5.74, 6) is 0.257. The van der Waals surface area contributed by atoms with Crippen molar-refractivity contribution in [1.29, 1.82) is 0 Å². The largest absolute Gasteiger partial charge is 0.508 e. The van der Waals surface area contributed by atoms with E-state index in [9.17, 15) is 5.11 Å². The number of thiophene rings is 1. The third-order valence-electron chi connectivity index (χ3n) is 1.55. The summed E-state index contributed by atoms with van der Waals surface area (Å²) in [4.78, 5) is 0. The highest BCUT2D eigenvalue weighted by Crippen LogP contribution is 2.36. The quantitative estimate of drug-likeness (QED) is 0.733. The van der Waals surface area contributed by atoms with E-state index in [1.807, 2.05) is 6.07 Å². The number of aromatic hydroxyl groups is 2. The van der Waals surface area contributed by atoms with Crippen LogP contribution in [0.2, 0.25) is 0 Å². The molecule has 0 aliphatic carbocycles. The third-order valence-corrected chi connectivity index (χ3v) is 3.49. The van der Waals surface area contributed by atoms with Gasteiger partial charge in [0.05, 0.1) is 7.58 Å². The first kappa shape index (κ1) is 8.12. The fourth-order valence-corrected chi connectivity index (χ4v) is 2.86. The standard InChI is InChI=1S/C8H5IO2S/c9-7-2-4-1-5(10)3-6(11)8(4)12-7/h1-3,10-11H. The van der Waals surface area contributed by atoms with Gasteiger partial charge in [0.1, 0.15) is 11.5 Å². The minimum absolute atomic E-state index is 0.106. The van der Waals surface area contributed by atoms with Gasteiger partial charge in [-0.25, -0.2) is 0 Å². The summed E-state index contributed by atoms with van der Waals surface area (Å²) >= 11 is 3.70. The zero-order valence-electron chi connectivity index (χ0n) is 5.91. The van der Waals surface area contributed by atoms with Crippen molar-refractivity contribution in [3.05, 3.63) is 21.1 Å². The Hall–Kier alpha value is -0.490. The van der Waals surface area contributed by atoms with Crippen molar-refractivity contribution in [2.75, 3.05) is 0 Å². The number of phenolic OH excluding ortho intramolecular Hbond substituents is 2. The lowest BCUT2D eigenvalue weighted by Gasteiger charge is -1.95. The fourth-order valence-electron chi connectivity index (χ4n) is 1.09. The van der Waals surface area contributed by atoms with Crippen LogP contribution in [0, 0.1) is 2.88 Å². The van der Waals surface area contributed by atoms with Crippen molar-refractivity contribution < 1.29 is 10.2 Å². The number of benzene rings is 1. The Balaban J connectivity index is 2.88. The molecule has 0 fully saturated rings. The molecule has 0 radical (unpaired) electrons. The van der Waals surface area contributed by atoms with E-state index < -0.39 is 0 Å². The predicted octanol–water partition coefficient (Wildman–Crippen LogP) is 2.92. The molecule has 4 heteroatoms. The van der Waals surface area contributed by atoms with E-state index in [0.29, 0.717) is 0 Å². The van der Waals surface area contributed by atoms with E-state index in [0.717, 1.165) is 13.0 Å². The van der Waals surface area contributed by atoms with Crippen LogP contribution in [0.25, 0.3) is 10.1 Å². The molecule has 0 atom stereocenters. The van der Waals surface area contributed by atoms with Crippen LogP contribution in [-0.2, 0) is 0 Å². The molecule has 2 rings (SSSR count). The Kier molecular flexibility index (Phi) is 1.88. The van der Waals surface area contributed by atoms with Gasteiger partial charge < -0.3 is 10.2 Å². The minimum Gasteiger partial charge on any atom is -0.508 e. The zero-order valence-corrected chi connectivity index (χ0v) is 8.89. The molecule has 0 bridgehead atoms. The van der Waals surface area contributed by atoms with Crippen molar-refractivity contribution in [3.8, 4) is 11.5 Å². The van der Waals surface area contributed by atoms with Crippen molar-refractivity contribution in [1.82, 2.24) is 0 Å². The second-order valence-corrected chi connectivity index (χ2v) is 5.38. The lowest BCUT2D eigenvalue weighted by molar-refractivity contribution is 0.455. The Labute approximate surface area is 86.6 Å². The molecule has 0 aliphatic heterocycles. The van der Waals surface area contributed by atoms with Crippen molar-refractivity contribution >= 4 is 44.0 Å².